The molecule has 28 heavy (non-hydrogen) atoms. The van der Waals surface area contributed by atoms with Crippen LogP contribution in [0.2, 0.25) is 0 Å². The third kappa shape index (κ3) is 4.11. The number of carbonyl (C=O) groups is 2. The maximum atomic E-state index is 12.5. The Morgan fingerprint density at radius 2 is 2.11 bits per heavy atom. The van der Waals surface area contributed by atoms with E-state index in [2.05, 4.69) is 15.5 Å². The first-order valence-corrected chi connectivity index (χ1v) is 9.80. The molecule has 0 aliphatic carbocycles. The van der Waals surface area contributed by atoms with Crippen LogP contribution in [0.5, 0.6) is 0 Å². The van der Waals surface area contributed by atoms with Crippen LogP contribution in [0, 0.1) is 0 Å². The number of hydrogen-bond donors (Lipinski definition) is 2. The Bertz CT molecular complexity index is 1050. The van der Waals surface area contributed by atoms with Crippen LogP contribution in [0.4, 0.5) is 5.69 Å². The molecule has 0 atom stereocenters. The number of H-pyrrole nitrogens is 1. The van der Waals surface area contributed by atoms with Crippen molar-refractivity contribution in [2.24, 2.45) is 0 Å². The molecule has 148 valence electrons. The van der Waals surface area contributed by atoms with Gasteiger partial charge in [0.1, 0.15) is 11.3 Å². The highest BCUT2D eigenvalue weighted by atomic mass is 32.2. The first-order chi connectivity index (χ1) is 13.5. The number of amides is 1. The first kappa shape index (κ1) is 19.7. The summed E-state index contributed by atoms with van der Waals surface area (Å²) in [5, 5.41) is 10.1. The van der Waals surface area contributed by atoms with E-state index in [-0.39, 0.29) is 35.4 Å². The van der Waals surface area contributed by atoms with Crippen LogP contribution < -0.4 is 11.0 Å². The predicted molar refractivity (Wildman–Crippen MR) is 105 cm³/mol. The maximum absolute atomic E-state index is 12.5. The topological polar surface area (TPSA) is 119 Å². The van der Waals surface area contributed by atoms with E-state index in [9.17, 15) is 14.4 Å². The van der Waals surface area contributed by atoms with Gasteiger partial charge in [0.05, 0.1) is 12.4 Å². The van der Waals surface area contributed by atoms with E-state index in [0.29, 0.717) is 22.7 Å². The van der Waals surface area contributed by atoms with Gasteiger partial charge in [0.15, 0.2) is 5.16 Å². The summed E-state index contributed by atoms with van der Waals surface area (Å²) in [7, 11) is 0. The van der Waals surface area contributed by atoms with Gasteiger partial charge in [-0.15, -0.1) is 5.10 Å². The third-order valence-corrected chi connectivity index (χ3v) is 4.80. The van der Waals surface area contributed by atoms with Gasteiger partial charge in [0.25, 0.3) is 0 Å². The summed E-state index contributed by atoms with van der Waals surface area (Å²) in [6.07, 6.45) is 0.767. The molecule has 0 saturated carbocycles. The molecule has 0 aliphatic rings. The van der Waals surface area contributed by atoms with Crippen LogP contribution in [0.15, 0.2) is 38.6 Å². The van der Waals surface area contributed by atoms with Crippen molar-refractivity contribution in [1.29, 1.82) is 0 Å². The minimum absolute atomic E-state index is 0.00970. The molecule has 10 heteroatoms. The molecule has 1 aromatic carbocycles. The van der Waals surface area contributed by atoms with Crippen LogP contribution >= 0.6 is 11.8 Å². The van der Waals surface area contributed by atoms with E-state index in [1.165, 1.54) is 4.57 Å². The van der Waals surface area contributed by atoms with Crippen molar-refractivity contribution < 1.29 is 18.7 Å². The van der Waals surface area contributed by atoms with Crippen LogP contribution in [-0.4, -0.2) is 39.0 Å². The summed E-state index contributed by atoms with van der Waals surface area (Å²) in [5.74, 6) is -1.05. The van der Waals surface area contributed by atoms with Gasteiger partial charge >= 0.3 is 11.7 Å². The van der Waals surface area contributed by atoms with E-state index >= 15 is 0 Å². The molecule has 3 aromatic rings. The lowest BCUT2D eigenvalue weighted by Gasteiger charge is -2.06. The Morgan fingerprint density at radius 1 is 1.32 bits per heavy atom. The number of aromatic amines is 1. The van der Waals surface area contributed by atoms with Gasteiger partial charge in [-0.3, -0.25) is 9.36 Å². The second-order valence-electron chi connectivity index (χ2n) is 5.82. The number of rotatable bonds is 8. The zero-order chi connectivity index (χ0) is 20.1. The number of benzene rings is 1. The fourth-order valence-corrected chi connectivity index (χ4v) is 3.42. The third-order valence-electron chi connectivity index (χ3n) is 3.82. The number of fused-ring (bicyclic) bond motifs is 1. The number of nitrogens with zero attached hydrogens (tertiary/aromatic N) is 2. The molecule has 0 bridgehead atoms. The summed E-state index contributed by atoms with van der Waals surface area (Å²) >= 11 is 1.13. The van der Waals surface area contributed by atoms with E-state index in [4.69, 9.17) is 9.15 Å². The van der Waals surface area contributed by atoms with Gasteiger partial charge in [-0.1, -0.05) is 30.8 Å². The lowest BCUT2D eigenvalue weighted by molar-refractivity contribution is -0.113. The van der Waals surface area contributed by atoms with E-state index < -0.39 is 5.97 Å². The number of esters is 1. The maximum Gasteiger partial charge on any atom is 0.376 e. The molecule has 3 rings (SSSR count). The SMILES string of the molecule is CCCn1c(SCC(=O)Nc2c(C(=O)OCC)oc3ccccc23)n[nH]c1=O. The Hall–Kier alpha value is -3.01. The molecular weight excluding hydrogens is 384 g/mol. The molecule has 2 aromatic heterocycles. The number of nitrogens with one attached hydrogen (secondary N) is 2. The molecule has 1 amide bonds. The molecule has 0 aliphatic heterocycles. The summed E-state index contributed by atoms with van der Waals surface area (Å²) in [4.78, 5) is 36.4. The highest BCUT2D eigenvalue weighted by Crippen LogP contribution is 2.31. The minimum atomic E-state index is -0.647. The van der Waals surface area contributed by atoms with Gasteiger partial charge in [-0.05, 0) is 25.5 Å². The normalized spacial score (nSPS) is 10.9. The standard InChI is InChI=1S/C18H20N4O5S/c1-3-9-22-17(25)20-21-18(22)28-10-13(23)19-14-11-7-5-6-8-12(11)27-15(14)16(24)26-4-2/h5-8H,3-4,9-10H2,1-2H3,(H,19,23)(H,20,25). The number of thioether (sulfide) groups is 1. The van der Waals surface area contributed by atoms with Gasteiger partial charge in [0, 0.05) is 11.9 Å². The van der Waals surface area contributed by atoms with Crippen molar-refractivity contribution in [1.82, 2.24) is 14.8 Å². The molecule has 0 spiro atoms. The monoisotopic (exact) mass is 404 g/mol. The number of furan rings is 1. The van der Waals surface area contributed by atoms with Crippen molar-refractivity contribution in [3.05, 3.63) is 40.5 Å². The molecule has 0 saturated heterocycles. The van der Waals surface area contributed by atoms with Crippen molar-refractivity contribution in [2.75, 3.05) is 17.7 Å². The number of ether oxygens (including phenoxy) is 1. The number of aromatic nitrogens is 3. The van der Waals surface area contributed by atoms with E-state index in [1.807, 2.05) is 6.92 Å². The summed E-state index contributed by atoms with van der Waals surface area (Å²) in [5.41, 5.74) is 0.431. The Labute approximate surface area is 164 Å². The Balaban J connectivity index is 1.78. The largest absolute Gasteiger partial charge is 0.460 e. The smallest absolute Gasteiger partial charge is 0.376 e. The predicted octanol–water partition coefficient (Wildman–Crippen LogP) is 2.64. The van der Waals surface area contributed by atoms with E-state index in [0.717, 1.165) is 18.2 Å². The number of anilines is 1. The average molecular weight is 404 g/mol. The molecule has 2 heterocycles. The minimum Gasteiger partial charge on any atom is -0.460 e. The second kappa shape index (κ2) is 8.79. The molecule has 0 radical (unpaired) electrons. The Kier molecular flexibility index (Phi) is 6.19. The average Bonchev–Trinajstić information content (AvgIpc) is 3.22. The fraction of sp³-hybridized carbons (Fsp3) is 0.333. The Morgan fingerprint density at radius 3 is 2.86 bits per heavy atom. The molecule has 0 unspecified atom stereocenters. The summed E-state index contributed by atoms with van der Waals surface area (Å²) in [6, 6.07) is 7.00. The van der Waals surface area contributed by atoms with Crippen LogP contribution in [0.1, 0.15) is 30.8 Å². The highest BCUT2D eigenvalue weighted by Gasteiger charge is 2.23. The number of carbonyl (C=O) groups excluding carboxylic acids is 2. The second-order valence-corrected chi connectivity index (χ2v) is 6.77. The summed E-state index contributed by atoms with van der Waals surface area (Å²) in [6.45, 7) is 4.34. The first-order valence-electron chi connectivity index (χ1n) is 8.81. The van der Waals surface area contributed by atoms with Gasteiger partial charge in [-0.2, -0.15) is 0 Å². The van der Waals surface area contributed by atoms with Gasteiger partial charge in [-0.25, -0.2) is 14.7 Å². The van der Waals surface area contributed by atoms with Crippen molar-refractivity contribution in [3.8, 4) is 0 Å². The highest BCUT2D eigenvalue weighted by molar-refractivity contribution is 7.99. The molecule has 9 nitrogen and oxygen atoms in total. The van der Waals surface area contributed by atoms with Crippen LogP contribution in [0.3, 0.4) is 0 Å². The van der Waals surface area contributed by atoms with Gasteiger partial charge in [0.2, 0.25) is 11.7 Å². The molecule has 0 fully saturated rings. The van der Waals surface area contributed by atoms with Crippen LogP contribution in [-0.2, 0) is 16.1 Å². The zero-order valence-electron chi connectivity index (χ0n) is 15.5. The van der Waals surface area contributed by atoms with Crippen molar-refractivity contribution in [3.63, 3.8) is 0 Å². The number of para-hydroxylation sites is 1. The zero-order valence-corrected chi connectivity index (χ0v) is 16.3. The van der Waals surface area contributed by atoms with E-state index in [1.54, 1.807) is 31.2 Å². The van der Waals surface area contributed by atoms with Crippen LogP contribution in [0.25, 0.3) is 11.0 Å². The lowest BCUT2D eigenvalue weighted by atomic mass is 10.2. The quantitative estimate of drug-likeness (QED) is 0.437. The van der Waals surface area contributed by atoms with Crippen molar-refractivity contribution >= 4 is 40.3 Å². The van der Waals surface area contributed by atoms with Gasteiger partial charge < -0.3 is 14.5 Å². The molecule has 2 N–H and O–H groups in total. The lowest BCUT2D eigenvalue weighted by Crippen LogP contribution is -2.19. The van der Waals surface area contributed by atoms with Crippen molar-refractivity contribution in [2.45, 2.75) is 32.0 Å². The summed E-state index contributed by atoms with van der Waals surface area (Å²) < 4.78 is 12.1. The molecular formula is C18H20N4O5S. The number of hydrogen-bond acceptors (Lipinski definition) is 7. The fourth-order valence-electron chi connectivity index (χ4n) is 2.65.